The molecule has 0 amide bonds. The quantitative estimate of drug-likeness (QED) is 0.838. The number of hydrogen-bond donors (Lipinski definition) is 1. The van der Waals surface area contributed by atoms with Gasteiger partial charge in [-0.2, -0.15) is 0 Å². The Labute approximate surface area is 129 Å². The van der Waals surface area contributed by atoms with Gasteiger partial charge in [0.05, 0.1) is 12.7 Å². The molecule has 1 aromatic rings. The van der Waals surface area contributed by atoms with Gasteiger partial charge in [0.15, 0.2) is 0 Å². The van der Waals surface area contributed by atoms with Crippen LogP contribution in [0, 0.1) is 6.92 Å². The predicted octanol–water partition coefficient (Wildman–Crippen LogP) is 3.14. The monoisotopic (exact) mass is 293 g/mol. The summed E-state index contributed by atoms with van der Waals surface area (Å²) in [6.45, 7) is 15.1. The minimum atomic E-state index is 0.119. The highest BCUT2D eigenvalue weighted by atomic mass is 16.5. The number of anilines is 1. The zero-order valence-electron chi connectivity index (χ0n) is 14.7. The smallest absolute Gasteiger partial charge is 0.128 e. The lowest BCUT2D eigenvalue weighted by molar-refractivity contribution is 0.0845. The summed E-state index contributed by atoms with van der Waals surface area (Å²) in [5.74, 6) is 1.01. The van der Waals surface area contributed by atoms with E-state index in [0.717, 1.165) is 31.2 Å². The van der Waals surface area contributed by atoms with Crippen LogP contribution in [0.4, 0.5) is 5.82 Å². The number of pyridine rings is 1. The Morgan fingerprint density at radius 2 is 1.95 bits per heavy atom. The maximum atomic E-state index is 5.60. The summed E-state index contributed by atoms with van der Waals surface area (Å²) in [6.07, 6.45) is 0.274. The van der Waals surface area contributed by atoms with E-state index in [1.807, 2.05) is 6.92 Å². The molecule has 1 aromatic heterocycles. The van der Waals surface area contributed by atoms with Crippen LogP contribution >= 0.6 is 0 Å². The number of hydrogen-bond acceptors (Lipinski definition) is 4. The van der Waals surface area contributed by atoms with E-state index >= 15 is 0 Å². The summed E-state index contributed by atoms with van der Waals surface area (Å²) in [5.41, 5.74) is 2.44. The van der Waals surface area contributed by atoms with Crippen molar-refractivity contribution in [2.24, 2.45) is 0 Å². The van der Waals surface area contributed by atoms with E-state index in [1.165, 1.54) is 5.56 Å². The number of likely N-dealkylation sites (N-methyl/N-ethyl adjacent to an activating group) is 1. The van der Waals surface area contributed by atoms with Crippen LogP contribution in [0.2, 0.25) is 0 Å². The van der Waals surface area contributed by atoms with E-state index < -0.39 is 0 Å². The van der Waals surface area contributed by atoms with Crippen molar-refractivity contribution in [3.05, 3.63) is 23.4 Å². The van der Waals surface area contributed by atoms with Crippen LogP contribution in [0.25, 0.3) is 0 Å². The summed E-state index contributed by atoms with van der Waals surface area (Å²) in [6, 6.07) is 4.29. The van der Waals surface area contributed by atoms with Gasteiger partial charge >= 0.3 is 0 Å². The van der Waals surface area contributed by atoms with Gasteiger partial charge in [-0.3, -0.25) is 0 Å². The SMILES string of the molecule is Cc1cc(CNC(C)(C)C)cc(N(C)CCOC(C)C)n1. The second-order valence-electron chi connectivity index (χ2n) is 6.92. The second kappa shape index (κ2) is 7.76. The lowest BCUT2D eigenvalue weighted by Gasteiger charge is -2.23. The van der Waals surface area contributed by atoms with E-state index in [0.29, 0.717) is 0 Å². The maximum Gasteiger partial charge on any atom is 0.128 e. The molecule has 120 valence electrons. The van der Waals surface area contributed by atoms with Crippen LogP contribution in [0.3, 0.4) is 0 Å². The van der Waals surface area contributed by atoms with Crippen LogP contribution in [0.1, 0.15) is 45.9 Å². The van der Waals surface area contributed by atoms with Crippen molar-refractivity contribution in [1.82, 2.24) is 10.3 Å². The number of rotatable bonds is 7. The highest BCUT2D eigenvalue weighted by molar-refractivity contribution is 5.41. The standard InChI is InChI=1S/C17H31N3O/c1-13(2)21-9-8-20(7)16-11-15(10-14(3)19-16)12-18-17(4,5)6/h10-11,13,18H,8-9,12H2,1-7H3. The van der Waals surface area contributed by atoms with Gasteiger partial charge in [-0.05, 0) is 59.2 Å². The normalized spacial score (nSPS) is 12.0. The fourth-order valence-corrected chi connectivity index (χ4v) is 1.93. The number of aryl methyl sites for hydroxylation is 1. The molecular formula is C17H31N3O. The van der Waals surface area contributed by atoms with Crippen LogP contribution in [0.5, 0.6) is 0 Å². The molecule has 0 atom stereocenters. The highest BCUT2D eigenvalue weighted by Crippen LogP contribution is 2.14. The first-order valence-electron chi connectivity index (χ1n) is 7.73. The first kappa shape index (κ1) is 17.9. The highest BCUT2D eigenvalue weighted by Gasteiger charge is 2.10. The molecule has 0 saturated carbocycles. The van der Waals surface area contributed by atoms with Gasteiger partial charge in [-0.1, -0.05) is 0 Å². The van der Waals surface area contributed by atoms with Crippen LogP contribution < -0.4 is 10.2 Å². The molecule has 0 spiro atoms. The van der Waals surface area contributed by atoms with E-state index in [9.17, 15) is 0 Å². The fraction of sp³-hybridized carbons (Fsp3) is 0.706. The average Bonchev–Trinajstić information content (AvgIpc) is 2.34. The third kappa shape index (κ3) is 7.44. The van der Waals surface area contributed by atoms with Crippen LogP contribution in [-0.2, 0) is 11.3 Å². The summed E-state index contributed by atoms with van der Waals surface area (Å²) < 4.78 is 5.60. The van der Waals surface area contributed by atoms with Gasteiger partial charge in [-0.15, -0.1) is 0 Å². The van der Waals surface area contributed by atoms with Gasteiger partial charge in [0.1, 0.15) is 5.82 Å². The zero-order chi connectivity index (χ0) is 16.0. The Kier molecular flexibility index (Phi) is 6.62. The number of ether oxygens (including phenoxy) is 1. The Morgan fingerprint density at radius 3 is 2.52 bits per heavy atom. The van der Waals surface area contributed by atoms with Gasteiger partial charge in [-0.25, -0.2) is 4.98 Å². The van der Waals surface area contributed by atoms with Crippen molar-refractivity contribution in [1.29, 1.82) is 0 Å². The molecule has 0 aliphatic heterocycles. The molecule has 0 bridgehead atoms. The van der Waals surface area contributed by atoms with Crippen molar-refractivity contribution in [2.75, 3.05) is 25.1 Å². The third-order valence-corrected chi connectivity index (χ3v) is 3.09. The van der Waals surface area contributed by atoms with Gasteiger partial charge in [0.25, 0.3) is 0 Å². The van der Waals surface area contributed by atoms with Gasteiger partial charge < -0.3 is 15.0 Å². The molecule has 0 fully saturated rings. The van der Waals surface area contributed by atoms with E-state index in [4.69, 9.17) is 4.74 Å². The van der Waals surface area contributed by atoms with Gasteiger partial charge in [0.2, 0.25) is 0 Å². The molecule has 21 heavy (non-hydrogen) atoms. The van der Waals surface area contributed by atoms with Crippen LogP contribution in [-0.4, -0.2) is 36.8 Å². The zero-order valence-corrected chi connectivity index (χ0v) is 14.7. The summed E-state index contributed by atoms with van der Waals surface area (Å²) >= 11 is 0. The Morgan fingerprint density at radius 1 is 1.29 bits per heavy atom. The second-order valence-corrected chi connectivity index (χ2v) is 6.92. The Bertz CT molecular complexity index is 438. The van der Waals surface area contributed by atoms with Crippen molar-refractivity contribution in [3.8, 4) is 0 Å². The third-order valence-electron chi connectivity index (χ3n) is 3.09. The minimum absolute atomic E-state index is 0.119. The molecule has 0 aliphatic rings. The summed E-state index contributed by atoms with van der Waals surface area (Å²) in [4.78, 5) is 6.77. The number of nitrogens with one attached hydrogen (secondary N) is 1. The maximum absolute atomic E-state index is 5.60. The van der Waals surface area contributed by atoms with Crippen LogP contribution in [0.15, 0.2) is 12.1 Å². The average molecular weight is 293 g/mol. The molecular weight excluding hydrogens is 262 g/mol. The Balaban J connectivity index is 2.67. The van der Waals surface area contributed by atoms with Crippen molar-refractivity contribution in [3.63, 3.8) is 0 Å². The first-order valence-corrected chi connectivity index (χ1v) is 7.73. The molecule has 1 rings (SSSR count). The number of aromatic nitrogens is 1. The van der Waals surface area contributed by atoms with Crippen molar-refractivity contribution < 1.29 is 4.74 Å². The molecule has 4 nitrogen and oxygen atoms in total. The molecule has 1 N–H and O–H groups in total. The molecule has 0 aromatic carbocycles. The molecule has 1 heterocycles. The molecule has 0 unspecified atom stereocenters. The number of nitrogens with zero attached hydrogens (tertiary/aromatic N) is 2. The van der Waals surface area contributed by atoms with E-state index in [-0.39, 0.29) is 11.6 Å². The van der Waals surface area contributed by atoms with E-state index in [1.54, 1.807) is 0 Å². The summed E-state index contributed by atoms with van der Waals surface area (Å²) in [5, 5.41) is 3.52. The fourth-order valence-electron chi connectivity index (χ4n) is 1.93. The van der Waals surface area contributed by atoms with E-state index in [2.05, 4.69) is 69.0 Å². The van der Waals surface area contributed by atoms with Gasteiger partial charge in [0, 0.05) is 31.4 Å². The molecule has 0 saturated heterocycles. The predicted molar refractivity (Wildman–Crippen MR) is 89.9 cm³/mol. The molecule has 0 radical (unpaired) electrons. The topological polar surface area (TPSA) is 37.4 Å². The Hall–Kier alpha value is -1.13. The minimum Gasteiger partial charge on any atom is -0.377 e. The first-order chi connectivity index (χ1) is 9.67. The lowest BCUT2D eigenvalue weighted by Crippen LogP contribution is -2.35. The largest absolute Gasteiger partial charge is 0.377 e. The van der Waals surface area contributed by atoms with Crippen molar-refractivity contribution in [2.45, 2.75) is 59.7 Å². The van der Waals surface area contributed by atoms with Crippen molar-refractivity contribution >= 4 is 5.82 Å². The summed E-state index contributed by atoms with van der Waals surface area (Å²) in [7, 11) is 2.06. The lowest BCUT2D eigenvalue weighted by atomic mass is 10.1. The molecule has 4 heteroatoms. The molecule has 0 aliphatic carbocycles.